The molecule has 1 aromatic carbocycles. The number of carbonyl (C=O) groups excluding carboxylic acids is 1. The molecule has 0 bridgehead atoms. The molecule has 6 heteroatoms. The number of rotatable bonds is 3. The molecule has 2 fully saturated rings. The van der Waals surface area contributed by atoms with Crippen molar-refractivity contribution in [2.24, 2.45) is 5.92 Å². The molecule has 2 heterocycles. The van der Waals surface area contributed by atoms with E-state index in [1.54, 1.807) is 0 Å². The zero-order valence-corrected chi connectivity index (χ0v) is 14.2. The molecule has 1 atom stereocenters. The van der Waals surface area contributed by atoms with Gasteiger partial charge >= 0.3 is 6.03 Å². The van der Waals surface area contributed by atoms with Crippen LogP contribution in [0.5, 0.6) is 0 Å². The largest absolute Gasteiger partial charge is 0.371 e. The van der Waals surface area contributed by atoms with Gasteiger partial charge in [0.05, 0.1) is 0 Å². The molecule has 2 saturated heterocycles. The summed E-state index contributed by atoms with van der Waals surface area (Å²) < 4.78 is 0. The van der Waals surface area contributed by atoms with Gasteiger partial charge in [0.15, 0.2) is 0 Å². The first kappa shape index (κ1) is 15.8. The fraction of sp³-hybridized carbons (Fsp3) is 0.562. The van der Waals surface area contributed by atoms with Crippen LogP contribution >= 0.6 is 23.4 Å². The maximum atomic E-state index is 12.1. The highest BCUT2D eigenvalue weighted by molar-refractivity contribution is 7.99. The van der Waals surface area contributed by atoms with Crippen LogP contribution in [0, 0.1) is 5.92 Å². The Kier molecular flexibility index (Phi) is 5.37. The lowest BCUT2D eigenvalue weighted by atomic mass is 10.1. The van der Waals surface area contributed by atoms with Crippen molar-refractivity contribution in [1.29, 1.82) is 0 Å². The number of benzene rings is 1. The van der Waals surface area contributed by atoms with E-state index < -0.39 is 0 Å². The first-order valence-corrected chi connectivity index (χ1v) is 9.36. The molecule has 22 heavy (non-hydrogen) atoms. The summed E-state index contributed by atoms with van der Waals surface area (Å²) in [4.78, 5) is 16.4. The average molecular weight is 340 g/mol. The van der Waals surface area contributed by atoms with Crippen molar-refractivity contribution in [3.8, 4) is 0 Å². The third-order valence-corrected chi connectivity index (χ3v) is 5.48. The minimum atomic E-state index is 0.0986. The van der Waals surface area contributed by atoms with Gasteiger partial charge in [-0.2, -0.15) is 11.8 Å². The van der Waals surface area contributed by atoms with Crippen LogP contribution in [0.2, 0.25) is 5.02 Å². The summed E-state index contributed by atoms with van der Waals surface area (Å²) in [6.45, 7) is 4.52. The van der Waals surface area contributed by atoms with Gasteiger partial charge in [-0.25, -0.2) is 4.79 Å². The molecule has 0 aliphatic carbocycles. The molecular weight excluding hydrogens is 318 g/mol. The second kappa shape index (κ2) is 7.47. The molecule has 0 unspecified atom stereocenters. The van der Waals surface area contributed by atoms with Crippen molar-refractivity contribution in [1.82, 2.24) is 10.2 Å². The smallest absolute Gasteiger partial charge is 0.317 e. The number of anilines is 1. The molecule has 2 aliphatic heterocycles. The van der Waals surface area contributed by atoms with Gasteiger partial charge in [0.1, 0.15) is 0 Å². The van der Waals surface area contributed by atoms with Crippen LogP contribution in [0.3, 0.4) is 0 Å². The lowest BCUT2D eigenvalue weighted by Crippen LogP contribution is -2.45. The van der Waals surface area contributed by atoms with Gasteiger partial charge in [-0.1, -0.05) is 17.7 Å². The lowest BCUT2D eigenvalue weighted by Gasteiger charge is -2.27. The number of nitrogens with zero attached hydrogens (tertiary/aromatic N) is 2. The van der Waals surface area contributed by atoms with Crippen LogP contribution in [0.15, 0.2) is 24.3 Å². The van der Waals surface area contributed by atoms with Gasteiger partial charge < -0.3 is 15.1 Å². The number of thioether (sulfide) groups is 1. The number of nitrogens with one attached hydrogen (secondary N) is 1. The van der Waals surface area contributed by atoms with E-state index in [1.807, 2.05) is 34.9 Å². The first-order chi connectivity index (χ1) is 10.7. The van der Waals surface area contributed by atoms with Crippen molar-refractivity contribution < 1.29 is 4.79 Å². The third-order valence-electron chi connectivity index (χ3n) is 4.30. The highest BCUT2D eigenvalue weighted by Crippen LogP contribution is 2.25. The number of carbonyl (C=O) groups is 1. The Morgan fingerprint density at radius 3 is 2.91 bits per heavy atom. The van der Waals surface area contributed by atoms with Crippen LogP contribution < -0.4 is 10.2 Å². The van der Waals surface area contributed by atoms with Gasteiger partial charge in [0.2, 0.25) is 0 Å². The molecule has 0 radical (unpaired) electrons. The normalized spacial score (nSPS) is 22.0. The summed E-state index contributed by atoms with van der Waals surface area (Å²) in [5.74, 6) is 2.63. The Morgan fingerprint density at radius 1 is 1.32 bits per heavy atom. The predicted molar refractivity (Wildman–Crippen MR) is 94.1 cm³/mol. The Morgan fingerprint density at radius 2 is 2.14 bits per heavy atom. The van der Waals surface area contributed by atoms with Gasteiger partial charge in [-0.05, 0) is 30.5 Å². The Bertz CT molecular complexity index is 522. The van der Waals surface area contributed by atoms with E-state index in [-0.39, 0.29) is 6.03 Å². The monoisotopic (exact) mass is 339 g/mol. The molecule has 0 aromatic heterocycles. The fourth-order valence-electron chi connectivity index (χ4n) is 3.02. The molecule has 120 valence electrons. The summed E-state index contributed by atoms with van der Waals surface area (Å²) in [5, 5.41) is 3.88. The molecule has 1 N–H and O–H groups in total. The van der Waals surface area contributed by atoms with Crippen molar-refractivity contribution in [2.75, 3.05) is 49.1 Å². The number of hydrogen-bond donors (Lipinski definition) is 1. The van der Waals surface area contributed by atoms with Crippen molar-refractivity contribution in [2.45, 2.75) is 6.42 Å². The van der Waals surface area contributed by atoms with Crippen molar-refractivity contribution in [3.63, 3.8) is 0 Å². The minimum Gasteiger partial charge on any atom is -0.371 e. The molecule has 0 spiro atoms. The zero-order chi connectivity index (χ0) is 15.4. The predicted octanol–water partition coefficient (Wildman–Crippen LogP) is 2.92. The van der Waals surface area contributed by atoms with Crippen molar-refractivity contribution >= 4 is 35.1 Å². The van der Waals surface area contributed by atoms with E-state index in [0.717, 1.165) is 55.7 Å². The second-order valence-electron chi connectivity index (χ2n) is 5.87. The summed E-state index contributed by atoms with van der Waals surface area (Å²) >= 11 is 7.98. The van der Waals surface area contributed by atoms with Crippen LogP contribution in [-0.2, 0) is 0 Å². The molecule has 1 aromatic rings. The minimum absolute atomic E-state index is 0.0986. The van der Waals surface area contributed by atoms with Gasteiger partial charge in [0, 0.05) is 54.9 Å². The lowest BCUT2D eigenvalue weighted by molar-refractivity contribution is 0.201. The third kappa shape index (κ3) is 4.02. The van der Waals surface area contributed by atoms with Crippen LogP contribution in [0.1, 0.15) is 6.42 Å². The second-order valence-corrected chi connectivity index (χ2v) is 7.53. The number of amides is 2. The standard InChI is InChI=1S/C16H22ClN3OS/c17-14-2-1-3-15(10-14)20-5-4-13(12-20)11-18-16(21)19-6-8-22-9-7-19/h1-3,10,13H,4-9,11-12H2,(H,18,21)/t13-/m1/s1. The number of urea groups is 1. The zero-order valence-electron chi connectivity index (χ0n) is 12.6. The van der Waals surface area contributed by atoms with E-state index in [9.17, 15) is 4.79 Å². The number of halogens is 1. The molecular formula is C16H22ClN3OS. The van der Waals surface area contributed by atoms with E-state index in [4.69, 9.17) is 11.6 Å². The summed E-state index contributed by atoms with van der Waals surface area (Å²) in [5.41, 5.74) is 1.18. The molecule has 4 nitrogen and oxygen atoms in total. The Labute approximate surface area is 141 Å². The van der Waals surface area contributed by atoms with Gasteiger partial charge in [-0.15, -0.1) is 0 Å². The Hall–Kier alpha value is -1.07. The number of hydrogen-bond acceptors (Lipinski definition) is 3. The molecule has 0 saturated carbocycles. The molecule has 3 rings (SSSR count). The average Bonchev–Trinajstić information content (AvgIpc) is 3.02. The summed E-state index contributed by atoms with van der Waals surface area (Å²) in [6.07, 6.45) is 1.11. The van der Waals surface area contributed by atoms with E-state index in [2.05, 4.69) is 16.3 Å². The highest BCUT2D eigenvalue weighted by Gasteiger charge is 2.24. The maximum Gasteiger partial charge on any atom is 0.317 e. The van der Waals surface area contributed by atoms with Crippen LogP contribution in [-0.4, -0.2) is 55.2 Å². The summed E-state index contributed by atoms with van der Waals surface area (Å²) in [6, 6.07) is 8.09. The molecule has 2 amide bonds. The SMILES string of the molecule is O=C(NC[C@H]1CCN(c2cccc(Cl)c2)C1)N1CCSCC1. The summed E-state index contributed by atoms with van der Waals surface area (Å²) in [7, 11) is 0. The molecule has 2 aliphatic rings. The highest BCUT2D eigenvalue weighted by atomic mass is 35.5. The van der Waals surface area contributed by atoms with E-state index in [0.29, 0.717) is 5.92 Å². The van der Waals surface area contributed by atoms with Gasteiger partial charge in [-0.3, -0.25) is 0 Å². The van der Waals surface area contributed by atoms with E-state index >= 15 is 0 Å². The van der Waals surface area contributed by atoms with E-state index in [1.165, 1.54) is 5.69 Å². The quantitative estimate of drug-likeness (QED) is 0.919. The van der Waals surface area contributed by atoms with Crippen LogP contribution in [0.4, 0.5) is 10.5 Å². The Balaban J connectivity index is 1.46. The fourth-order valence-corrected chi connectivity index (χ4v) is 4.10. The first-order valence-electron chi connectivity index (χ1n) is 7.83. The topological polar surface area (TPSA) is 35.6 Å². The van der Waals surface area contributed by atoms with Crippen LogP contribution in [0.25, 0.3) is 0 Å². The maximum absolute atomic E-state index is 12.1. The van der Waals surface area contributed by atoms with Crippen molar-refractivity contribution in [3.05, 3.63) is 29.3 Å². The van der Waals surface area contributed by atoms with Gasteiger partial charge in [0.25, 0.3) is 0 Å².